The lowest BCUT2D eigenvalue weighted by molar-refractivity contribution is 1.17. The van der Waals surface area contributed by atoms with Gasteiger partial charge in [-0.15, -0.1) is 0 Å². The topological polar surface area (TPSA) is 51.6 Å². The molecule has 0 amide bonds. The second-order valence-corrected chi connectivity index (χ2v) is 4.04. The van der Waals surface area contributed by atoms with Crippen molar-refractivity contribution in [1.82, 2.24) is 19.9 Å². The van der Waals surface area contributed by atoms with E-state index in [-0.39, 0.29) is 0 Å². The fourth-order valence-corrected chi connectivity index (χ4v) is 1.70. The van der Waals surface area contributed by atoms with Gasteiger partial charge >= 0.3 is 0 Å². The van der Waals surface area contributed by atoms with Gasteiger partial charge in [-0.05, 0) is 18.1 Å². The zero-order chi connectivity index (χ0) is 13.6. The molecule has 0 radical (unpaired) electrons. The van der Waals surface area contributed by atoms with Crippen molar-refractivity contribution in [3.63, 3.8) is 0 Å². The maximum atomic E-state index is 4.21. The summed E-state index contributed by atoms with van der Waals surface area (Å²) in [5.74, 6) is 6.00. The Hall–Kier alpha value is -3.06. The fourth-order valence-electron chi connectivity index (χ4n) is 1.70. The molecule has 0 aliphatic rings. The van der Waals surface area contributed by atoms with E-state index < -0.39 is 0 Å². The molecule has 0 aromatic carbocycles. The van der Waals surface area contributed by atoms with E-state index in [1.165, 1.54) is 0 Å². The van der Waals surface area contributed by atoms with E-state index in [0.717, 1.165) is 16.7 Å². The summed E-state index contributed by atoms with van der Waals surface area (Å²) in [6, 6.07) is 5.87. The number of hydrogen-bond acceptors (Lipinski definition) is 4. The summed E-state index contributed by atoms with van der Waals surface area (Å²) in [5.41, 5.74) is 3.48. The predicted octanol–water partition coefficient (Wildman–Crippen LogP) is 2.33. The largest absolute Gasteiger partial charge is 0.264 e. The third kappa shape index (κ3) is 2.85. The van der Waals surface area contributed by atoms with Gasteiger partial charge < -0.3 is 0 Å². The fraction of sp³-hybridized carbons (Fsp3) is 0. The third-order valence-electron chi connectivity index (χ3n) is 2.63. The van der Waals surface area contributed by atoms with Crippen LogP contribution in [-0.4, -0.2) is 19.9 Å². The highest BCUT2D eigenvalue weighted by atomic mass is 14.7. The van der Waals surface area contributed by atoms with E-state index in [1.807, 2.05) is 18.2 Å². The molecule has 0 spiro atoms. The molecule has 0 aliphatic heterocycles. The first-order valence-corrected chi connectivity index (χ1v) is 6.05. The van der Waals surface area contributed by atoms with E-state index in [4.69, 9.17) is 0 Å². The quantitative estimate of drug-likeness (QED) is 0.629. The van der Waals surface area contributed by atoms with Crippen molar-refractivity contribution < 1.29 is 0 Å². The van der Waals surface area contributed by atoms with Crippen molar-refractivity contribution >= 4 is 0 Å². The molecule has 4 nitrogen and oxygen atoms in total. The Morgan fingerprint density at radius 3 is 2.45 bits per heavy atom. The van der Waals surface area contributed by atoms with E-state index in [1.54, 1.807) is 43.4 Å². The van der Waals surface area contributed by atoms with Crippen LogP contribution in [0.1, 0.15) is 11.3 Å². The second-order valence-electron chi connectivity index (χ2n) is 4.04. The van der Waals surface area contributed by atoms with Crippen LogP contribution in [0.15, 0.2) is 61.6 Å². The predicted molar refractivity (Wildman–Crippen MR) is 75.5 cm³/mol. The summed E-state index contributed by atoms with van der Waals surface area (Å²) in [6.07, 6.45) is 11.9. The number of pyridine rings is 2. The molecule has 0 saturated carbocycles. The van der Waals surface area contributed by atoms with Gasteiger partial charge in [-0.25, -0.2) is 4.98 Å². The lowest BCUT2D eigenvalue weighted by Gasteiger charge is -2.00. The smallest absolute Gasteiger partial charge is 0.131 e. The SMILES string of the molecule is C(#Cc1cnccn1)c1cncc(-c2cccnc2)c1. The first kappa shape index (κ1) is 12.0. The monoisotopic (exact) mass is 258 g/mol. The van der Waals surface area contributed by atoms with Crippen LogP contribution in [0.2, 0.25) is 0 Å². The molecule has 0 atom stereocenters. The minimum atomic E-state index is 0.638. The first-order chi connectivity index (χ1) is 9.92. The molecule has 3 aromatic rings. The van der Waals surface area contributed by atoms with E-state index in [9.17, 15) is 0 Å². The molecular formula is C16H10N4. The average molecular weight is 258 g/mol. The molecule has 0 aliphatic carbocycles. The Balaban J connectivity index is 1.91. The van der Waals surface area contributed by atoms with Gasteiger partial charge in [0.2, 0.25) is 0 Å². The zero-order valence-electron chi connectivity index (χ0n) is 10.6. The van der Waals surface area contributed by atoms with Crippen molar-refractivity contribution in [2.75, 3.05) is 0 Å². The van der Waals surface area contributed by atoms with Gasteiger partial charge in [0.1, 0.15) is 5.69 Å². The molecule has 3 rings (SSSR count). The molecule has 20 heavy (non-hydrogen) atoms. The number of nitrogens with zero attached hydrogens (tertiary/aromatic N) is 4. The molecule has 94 valence electrons. The minimum absolute atomic E-state index is 0.638. The number of aromatic nitrogens is 4. The third-order valence-corrected chi connectivity index (χ3v) is 2.63. The van der Waals surface area contributed by atoms with Crippen molar-refractivity contribution in [1.29, 1.82) is 0 Å². The lowest BCUT2D eigenvalue weighted by atomic mass is 10.1. The first-order valence-electron chi connectivity index (χ1n) is 6.05. The minimum Gasteiger partial charge on any atom is -0.264 e. The van der Waals surface area contributed by atoms with Crippen LogP contribution in [0.5, 0.6) is 0 Å². The number of hydrogen-bond donors (Lipinski definition) is 0. The van der Waals surface area contributed by atoms with Crippen LogP contribution >= 0.6 is 0 Å². The van der Waals surface area contributed by atoms with Crippen LogP contribution in [0.3, 0.4) is 0 Å². The van der Waals surface area contributed by atoms with Crippen molar-refractivity contribution in [3.05, 3.63) is 72.8 Å². The standard InChI is InChI=1S/C16H10N4/c1-2-14(10-17-5-1)15-8-13(9-19-11-15)3-4-16-12-18-6-7-20-16/h1-2,5-12H. The van der Waals surface area contributed by atoms with Crippen molar-refractivity contribution in [2.24, 2.45) is 0 Å². The molecule has 3 heterocycles. The summed E-state index contributed by atoms with van der Waals surface area (Å²) < 4.78 is 0. The number of rotatable bonds is 1. The van der Waals surface area contributed by atoms with Gasteiger partial charge in [0, 0.05) is 53.9 Å². The molecule has 0 bridgehead atoms. The van der Waals surface area contributed by atoms with E-state index in [0.29, 0.717) is 5.69 Å². The maximum Gasteiger partial charge on any atom is 0.131 e. The summed E-state index contributed by atoms with van der Waals surface area (Å²) in [6.45, 7) is 0. The van der Waals surface area contributed by atoms with Crippen LogP contribution in [-0.2, 0) is 0 Å². The summed E-state index contributed by atoms with van der Waals surface area (Å²) in [5, 5.41) is 0. The molecule has 0 fully saturated rings. The van der Waals surface area contributed by atoms with E-state index in [2.05, 4.69) is 31.8 Å². The molecule has 0 N–H and O–H groups in total. The molecule has 0 saturated heterocycles. The highest BCUT2D eigenvalue weighted by Crippen LogP contribution is 2.17. The molecular weight excluding hydrogens is 248 g/mol. The average Bonchev–Trinajstić information content (AvgIpc) is 2.55. The highest BCUT2D eigenvalue weighted by Gasteiger charge is 1.98. The summed E-state index contributed by atoms with van der Waals surface area (Å²) in [7, 11) is 0. The van der Waals surface area contributed by atoms with Gasteiger partial charge in [0.05, 0.1) is 6.20 Å². The molecule has 4 heteroatoms. The van der Waals surface area contributed by atoms with Crippen LogP contribution in [0.25, 0.3) is 11.1 Å². The van der Waals surface area contributed by atoms with E-state index >= 15 is 0 Å². The van der Waals surface area contributed by atoms with Crippen LogP contribution in [0.4, 0.5) is 0 Å². The normalized spacial score (nSPS) is 9.60. The molecule has 0 unspecified atom stereocenters. The van der Waals surface area contributed by atoms with Gasteiger partial charge in [-0.3, -0.25) is 15.0 Å². The summed E-state index contributed by atoms with van der Waals surface area (Å²) >= 11 is 0. The van der Waals surface area contributed by atoms with Gasteiger partial charge in [-0.1, -0.05) is 12.0 Å². The Kier molecular flexibility index (Phi) is 3.43. The Morgan fingerprint density at radius 2 is 1.65 bits per heavy atom. The Bertz CT molecular complexity index is 758. The van der Waals surface area contributed by atoms with Gasteiger partial charge in [0.15, 0.2) is 0 Å². The van der Waals surface area contributed by atoms with Crippen LogP contribution in [0, 0.1) is 11.8 Å². The van der Waals surface area contributed by atoms with Crippen molar-refractivity contribution in [2.45, 2.75) is 0 Å². The highest BCUT2D eigenvalue weighted by molar-refractivity contribution is 5.63. The van der Waals surface area contributed by atoms with Gasteiger partial charge in [0.25, 0.3) is 0 Å². The van der Waals surface area contributed by atoms with Crippen LogP contribution < -0.4 is 0 Å². The Morgan fingerprint density at radius 1 is 0.750 bits per heavy atom. The van der Waals surface area contributed by atoms with Crippen molar-refractivity contribution in [3.8, 4) is 23.0 Å². The lowest BCUT2D eigenvalue weighted by Crippen LogP contribution is -1.85. The maximum absolute atomic E-state index is 4.21. The van der Waals surface area contributed by atoms with Gasteiger partial charge in [-0.2, -0.15) is 0 Å². The Labute approximate surface area is 116 Å². The summed E-state index contributed by atoms with van der Waals surface area (Å²) in [4.78, 5) is 16.4. The molecule has 3 aromatic heterocycles. The second kappa shape index (κ2) is 5.72. The zero-order valence-corrected chi connectivity index (χ0v) is 10.6.